The topological polar surface area (TPSA) is 42.2 Å². The van der Waals surface area contributed by atoms with Gasteiger partial charge in [0.2, 0.25) is 0 Å². The molecule has 20 heavy (non-hydrogen) atoms. The van der Waals surface area contributed by atoms with Crippen LogP contribution in [0.4, 0.5) is 17.2 Å². The van der Waals surface area contributed by atoms with Crippen LogP contribution in [-0.2, 0) is 0 Å². The molecule has 0 unspecified atom stereocenters. The number of nitrogen functional groups attached to an aromatic ring is 1. The Hall–Kier alpha value is -2.03. The highest BCUT2D eigenvalue weighted by Gasteiger charge is 2.11. The monoisotopic (exact) mass is 269 g/mol. The molecule has 0 spiro atoms. The summed E-state index contributed by atoms with van der Waals surface area (Å²) in [5.41, 5.74) is 11.4. The van der Waals surface area contributed by atoms with E-state index in [0.29, 0.717) is 5.92 Å². The van der Waals surface area contributed by atoms with Crippen molar-refractivity contribution in [3.05, 3.63) is 47.2 Å². The Bertz CT molecular complexity index is 618. The molecule has 0 atom stereocenters. The Morgan fingerprint density at radius 1 is 1.10 bits per heavy atom. The minimum Gasteiger partial charge on any atom is -0.397 e. The number of hydrogen-bond donors (Lipinski definition) is 1. The Morgan fingerprint density at radius 2 is 1.80 bits per heavy atom. The number of nitrogens with zero attached hydrogens (tertiary/aromatic N) is 2. The van der Waals surface area contributed by atoms with Crippen LogP contribution in [0.2, 0.25) is 0 Å². The summed E-state index contributed by atoms with van der Waals surface area (Å²) in [5.74, 6) is 1.43. The number of benzene rings is 1. The molecule has 0 aliphatic carbocycles. The van der Waals surface area contributed by atoms with E-state index in [1.807, 2.05) is 20.0 Å². The standard InChI is InChI=1S/C17H23N3/c1-11(2)14-7-6-12(3)16(9-14)20(5)17-8-13(4)15(18)10-19-17/h6-11H,18H2,1-5H3. The molecule has 1 aromatic heterocycles. The molecule has 0 fully saturated rings. The predicted molar refractivity (Wildman–Crippen MR) is 86.7 cm³/mol. The van der Waals surface area contributed by atoms with Crippen molar-refractivity contribution in [3.8, 4) is 0 Å². The lowest BCUT2D eigenvalue weighted by Gasteiger charge is -2.22. The van der Waals surface area contributed by atoms with Crippen molar-refractivity contribution in [3.63, 3.8) is 0 Å². The first-order chi connectivity index (χ1) is 9.40. The zero-order valence-electron chi connectivity index (χ0n) is 12.9. The quantitative estimate of drug-likeness (QED) is 0.909. The molecule has 0 amide bonds. The van der Waals surface area contributed by atoms with Crippen molar-refractivity contribution in [2.24, 2.45) is 0 Å². The van der Waals surface area contributed by atoms with Crippen molar-refractivity contribution < 1.29 is 0 Å². The van der Waals surface area contributed by atoms with Crippen molar-refractivity contribution in [1.82, 2.24) is 4.98 Å². The third-order valence-electron chi connectivity index (χ3n) is 3.74. The van der Waals surface area contributed by atoms with E-state index in [-0.39, 0.29) is 0 Å². The maximum absolute atomic E-state index is 5.84. The van der Waals surface area contributed by atoms with Crippen LogP contribution in [0.1, 0.15) is 36.5 Å². The molecule has 1 heterocycles. The first-order valence-corrected chi connectivity index (χ1v) is 6.96. The summed E-state index contributed by atoms with van der Waals surface area (Å²) in [6, 6.07) is 8.63. The highest BCUT2D eigenvalue weighted by Crippen LogP contribution is 2.29. The van der Waals surface area contributed by atoms with Crippen LogP contribution in [0.25, 0.3) is 0 Å². The average molecular weight is 269 g/mol. The molecular weight excluding hydrogens is 246 g/mol. The van der Waals surface area contributed by atoms with Gasteiger partial charge in [-0.1, -0.05) is 26.0 Å². The van der Waals surface area contributed by atoms with E-state index < -0.39 is 0 Å². The summed E-state index contributed by atoms with van der Waals surface area (Å²) >= 11 is 0. The van der Waals surface area contributed by atoms with Crippen molar-refractivity contribution in [1.29, 1.82) is 0 Å². The van der Waals surface area contributed by atoms with E-state index >= 15 is 0 Å². The number of rotatable bonds is 3. The molecule has 2 N–H and O–H groups in total. The molecule has 0 bridgehead atoms. The Labute approximate surface area is 121 Å². The maximum Gasteiger partial charge on any atom is 0.133 e. The lowest BCUT2D eigenvalue weighted by molar-refractivity contribution is 0.865. The molecular formula is C17H23N3. The van der Waals surface area contributed by atoms with E-state index in [0.717, 1.165) is 17.1 Å². The fourth-order valence-corrected chi connectivity index (χ4v) is 2.21. The predicted octanol–water partition coefficient (Wildman–Crippen LogP) is 4.17. The summed E-state index contributed by atoms with van der Waals surface area (Å²) in [4.78, 5) is 6.55. The lowest BCUT2D eigenvalue weighted by Crippen LogP contribution is -2.13. The van der Waals surface area contributed by atoms with Crippen LogP contribution in [0.3, 0.4) is 0 Å². The second-order valence-electron chi connectivity index (χ2n) is 5.66. The zero-order valence-corrected chi connectivity index (χ0v) is 12.9. The molecule has 2 rings (SSSR count). The Morgan fingerprint density at radius 3 is 2.40 bits per heavy atom. The van der Waals surface area contributed by atoms with E-state index in [1.165, 1.54) is 16.8 Å². The van der Waals surface area contributed by atoms with Gasteiger partial charge in [-0.25, -0.2) is 4.98 Å². The van der Waals surface area contributed by atoms with Gasteiger partial charge in [0.25, 0.3) is 0 Å². The first-order valence-electron chi connectivity index (χ1n) is 6.96. The van der Waals surface area contributed by atoms with Crippen molar-refractivity contribution >= 4 is 17.2 Å². The normalized spacial score (nSPS) is 10.9. The number of anilines is 3. The van der Waals surface area contributed by atoms with E-state index in [2.05, 4.69) is 48.9 Å². The number of hydrogen-bond acceptors (Lipinski definition) is 3. The summed E-state index contributed by atoms with van der Waals surface area (Å²) in [6.45, 7) is 8.55. The van der Waals surface area contributed by atoms with Crippen LogP contribution in [0, 0.1) is 13.8 Å². The summed E-state index contributed by atoms with van der Waals surface area (Å²) in [7, 11) is 2.05. The van der Waals surface area contributed by atoms with Gasteiger partial charge < -0.3 is 10.6 Å². The third kappa shape index (κ3) is 2.77. The fourth-order valence-electron chi connectivity index (χ4n) is 2.21. The molecule has 2 aromatic rings. The second kappa shape index (κ2) is 5.53. The summed E-state index contributed by atoms with van der Waals surface area (Å²) in [5, 5.41) is 0. The van der Waals surface area contributed by atoms with Crippen LogP contribution in [0.15, 0.2) is 30.5 Å². The molecule has 1 aromatic carbocycles. The molecule has 0 aliphatic heterocycles. The van der Waals surface area contributed by atoms with Gasteiger partial charge in [0.1, 0.15) is 5.82 Å². The highest BCUT2D eigenvalue weighted by molar-refractivity contribution is 5.66. The first kappa shape index (κ1) is 14.4. The maximum atomic E-state index is 5.84. The smallest absolute Gasteiger partial charge is 0.133 e. The van der Waals surface area contributed by atoms with Gasteiger partial charge in [-0.05, 0) is 48.6 Å². The van der Waals surface area contributed by atoms with Crippen LogP contribution in [-0.4, -0.2) is 12.0 Å². The number of aromatic nitrogens is 1. The average Bonchev–Trinajstić information content (AvgIpc) is 2.41. The van der Waals surface area contributed by atoms with Gasteiger partial charge in [-0.15, -0.1) is 0 Å². The number of aryl methyl sites for hydroxylation is 2. The third-order valence-corrected chi connectivity index (χ3v) is 3.74. The number of pyridine rings is 1. The highest BCUT2D eigenvalue weighted by atomic mass is 15.2. The molecule has 3 nitrogen and oxygen atoms in total. The Balaban J connectivity index is 2.44. The van der Waals surface area contributed by atoms with Crippen molar-refractivity contribution in [2.45, 2.75) is 33.6 Å². The molecule has 0 saturated carbocycles. The van der Waals surface area contributed by atoms with Crippen LogP contribution < -0.4 is 10.6 Å². The van der Waals surface area contributed by atoms with E-state index in [9.17, 15) is 0 Å². The number of nitrogens with two attached hydrogens (primary N) is 1. The van der Waals surface area contributed by atoms with Gasteiger partial charge in [0.15, 0.2) is 0 Å². The molecule has 0 saturated heterocycles. The second-order valence-corrected chi connectivity index (χ2v) is 5.66. The fraction of sp³-hybridized carbons (Fsp3) is 0.353. The van der Waals surface area contributed by atoms with Gasteiger partial charge in [0, 0.05) is 12.7 Å². The molecule has 3 heteroatoms. The minimum atomic E-state index is 0.517. The van der Waals surface area contributed by atoms with Gasteiger partial charge in [0.05, 0.1) is 11.9 Å². The molecule has 0 aliphatic rings. The molecule has 0 radical (unpaired) electrons. The van der Waals surface area contributed by atoms with Gasteiger partial charge in [-0.3, -0.25) is 0 Å². The summed E-state index contributed by atoms with van der Waals surface area (Å²) < 4.78 is 0. The zero-order chi connectivity index (χ0) is 14.9. The lowest BCUT2D eigenvalue weighted by atomic mass is 10.00. The molecule has 106 valence electrons. The SMILES string of the molecule is Cc1cc(N(C)c2cc(C(C)C)ccc2C)ncc1N. The Kier molecular flexibility index (Phi) is 3.98. The van der Waals surface area contributed by atoms with Crippen LogP contribution in [0.5, 0.6) is 0 Å². The van der Waals surface area contributed by atoms with E-state index in [1.54, 1.807) is 6.20 Å². The summed E-state index contributed by atoms with van der Waals surface area (Å²) in [6.07, 6.45) is 1.72. The van der Waals surface area contributed by atoms with E-state index in [4.69, 9.17) is 5.73 Å². The minimum absolute atomic E-state index is 0.517. The largest absolute Gasteiger partial charge is 0.397 e. The van der Waals surface area contributed by atoms with Gasteiger partial charge >= 0.3 is 0 Å². The van der Waals surface area contributed by atoms with Gasteiger partial charge in [-0.2, -0.15) is 0 Å². The van der Waals surface area contributed by atoms with Crippen LogP contribution >= 0.6 is 0 Å². The van der Waals surface area contributed by atoms with Crippen molar-refractivity contribution in [2.75, 3.05) is 17.7 Å².